The summed E-state index contributed by atoms with van der Waals surface area (Å²) in [5.41, 5.74) is 13.7. The maximum absolute atomic E-state index is 6.61. The Kier molecular flexibility index (Phi) is 8.25. The van der Waals surface area contributed by atoms with Crippen LogP contribution in [0, 0.1) is 0 Å². The molecule has 302 valence electrons. The molecule has 0 N–H and O–H groups in total. The average Bonchev–Trinajstić information content (AvgIpc) is 3.98. The molecular weight excluding hydrogens is 807 g/mol. The summed E-state index contributed by atoms with van der Waals surface area (Å²) < 4.78 is 16.6. The van der Waals surface area contributed by atoms with Gasteiger partial charge in [-0.2, -0.15) is 0 Å². The van der Waals surface area contributed by atoms with Crippen LogP contribution in [0.25, 0.3) is 60.0 Å². The molecule has 0 radical (unpaired) electrons. The number of ether oxygens (including phenoxy) is 2. The van der Waals surface area contributed by atoms with E-state index in [1.54, 1.807) is 11.3 Å². The molecule has 8 heteroatoms. The monoisotopic (exact) mass is 841 g/mol. The van der Waals surface area contributed by atoms with E-state index in [1.807, 2.05) is 66.7 Å². The van der Waals surface area contributed by atoms with Crippen molar-refractivity contribution in [2.45, 2.75) is 0 Å². The van der Waals surface area contributed by atoms with E-state index >= 15 is 0 Å². The fourth-order valence-corrected chi connectivity index (χ4v) is 10.1. The Balaban J connectivity index is 1.11. The molecule has 13 rings (SSSR count). The highest BCUT2D eigenvalue weighted by atomic mass is 32.1. The third-order valence-corrected chi connectivity index (χ3v) is 13.1. The van der Waals surface area contributed by atoms with Crippen molar-refractivity contribution in [1.82, 2.24) is 14.5 Å². The molecule has 2 aromatic heterocycles. The van der Waals surface area contributed by atoms with Crippen LogP contribution in [-0.4, -0.2) is 14.5 Å². The first-order valence-corrected chi connectivity index (χ1v) is 22.0. The standard InChI is InChI=1S/C56H35N5O2S/c1-2-16-38(17-3-1)59-43-20-6-4-18-41(43)57-55(59)36-30-32-39(48(34-36)60-44-21-7-11-25-50(44)62-51-26-12-8-22-45(51)60)40-33-31-37(56-58-42-19-5-15-29-54(42)64-56)35-49(40)61-46-23-9-13-27-52(46)63-53-28-14-10-24-47(53)61/h1-35H. The second-order valence-corrected chi connectivity index (χ2v) is 16.8. The van der Waals surface area contributed by atoms with Gasteiger partial charge in [-0.3, -0.25) is 4.57 Å². The zero-order valence-electron chi connectivity index (χ0n) is 34.2. The van der Waals surface area contributed by atoms with Gasteiger partial charge in [0.1, 0.15) is 10.8 Å². The predicted molar refractivity (Wildman–Crippen MR) is 260 cm³/mol. The number of aromatic nitrogens is 3. The Labute approximate surface area is 372 Å². The van der Waals surface area contributed by atoms with Crippen molar-refractivity contribution in [3.63, 3.8) is 0 Å². The molecule has 7 nitrogen and oxygen atoms in total. The largest absolute Gasteiger partial charge is 0.453 e. The van der Waals surface area contributed by atoms with Crippen molar-refractivity contribution in [2.75, 3.05) is 9.80 Å². The van der Waals surface area contributed by atoms with Gasteiger partial charge < -0.3 is 19.3 Å². The Morgan fingerprint density at radius 1 is 0.375 bits per heavy atom. The Bertz CT molecular complexity index is 3490. The molecule has 2 aliphatic heterocycles. The van der Waals surface area contributed by atoms with E-state index in [1.165, 1.54) is 0 Å². The molecule has 0 spiro atoms. The van der Waals surface area contributed by atoms with E-state index in [-0.39, 0.29) is 0 Å². The summed E-state index contributed by atoms with van der Waals surface area (Å²) in [6.07, 6.45) is 0. The Morgan fingerprint density at radius 3 is 1.42 bits per heavy atom. The van der Waals surface area contributed by atoms with Crippen molar-refractivity contribution < 1.29 is 9.47 Å². The molecule has 9 aromatic carbocycles. The zero-order chi connectivity index (χ0) is 42.1. The number of thiazole rings is 1. The van der Waals surface area contributed by atoms with Crippen molar-refractivity contribution in [3.05, 3.63) is 212 Å². The van der Waals surface area contributed by atoms with Gasteiger partial charge in [0.25, 0.3) is 0 Å². The first kappa shape index (κ1) is 36.2. The van der Waals surface area contributed by atoms with Gasteiger partial charge in [0.05, 0.1) is 55.4 Å². The fourth-order valence-electron chi connectivity index (χ4n) is 9.14. The highest BCUT2D eigenvalue weighted by molar-refractivity contribution is 7.21. The van der Waals surface area contributed by atoms with Gasteiger partial charge >= 0.3 is 0 Å². The van der Waals surface area contributed by atoms with Gasteiger partial charge in [0.15, 0.2) is 23.0 Å². The lowest BCUT2D eigenvalue weighted by Gasteiger charge is -2.36. The normalized spacial score (nSPS) is 12.6. The van der Waals surface area contributed by atoms with Crippen LogP contribution in [0.1, 0.15) is 0 Å². The molecule has 4 heterocycles. The average molecular weight is 842 g/mol. The summed E-state index contributed by atoms with van der Waals surface area (Å²) in [4.78, 5) is 15.2. The minimum atomic E-state index is 0.775. The summed E-state index contributed by atoms with van der Waals surface area (Å²) in [5, 5.41) is 0.954. The van der Waals surface area contributed by atoms with Gasteiger partial charge in [-0.25, -0.2) is 9.97 Å². The first-order chi connectivity index (χ1) is 31.7. The van der Waals surface area contributed by atoms with E-state index in [4.69, 9.17) is 19.4 Å². The maximum Gasteiger partial charge on any atom is 0.151 e. The maximum atomic E-state index is 6.61. The summed E-state index contributed by atoms with van der Waals surface area (Å²) in [6.45, 7) is 0. The molecule has 0 amide bonds. The summed E-state index contributed by atoms with van der Waals surface area (Å²) in [6, 6.07) is 73.7. The molecule has 0 atom stereocenters. The van der Waals surface area contributed by atoms with E-state index in [9.17, 15) is 0 Å². The molecule has 0 bridgehead atoms. The van der Waals surface area contributed by atoms with Crippen molar-refractivity contribution >= 4 is 66.7 Å². The second-order valence-electron chi connectivity index (χ2n) is 15.8. The van der Waals surface area contributed by atoms with Crippen LogP contribution >= 0.6 is 11.3 Å². The fraction of sp³-hybridized carbons (Fsp3) is 0. The van der Waals surface area contributed by atoms with Gasteiger partial charge in [0, 0.05) is 27.9 Å². The number of para-hydroxylation sites is 12. The molecule has 0 saturated heterocycles. The van der Waals surface area contributed by atoms with Gasteiger partial charge in [-0.15, -0.1) is 11.3 Å². The number of hydrogen-bond acceptors (Lipinski definition) is 7. The van der Waals surface area contributed by atoms with Crippen LogP contribution in [0.2, 0.25) is 0 Å². The summed E-state index contributed by atoms with van der Waals surface area (Å²) >= 11 is 1.70. The number of imidazole rings is 1. The molecular formula is C56H35N5O2S. The quantitative estimate of drug-likeness (QED) is 0.166. The van der Waals surface area contributed by atoms with E-state index in [0.717, 1.165) is 117 Å². The van der Waals surface area contributed by atoms with Crippen LogP contribution in [0.4, 0.5) is 34.1 Å². The number of hydrogen-bond donors (Lipinski definition) is 0. The van der Waals surface area contributed by atoms with Crippen molar-refractivity contribution in [1.29, 1.82) is 0 Å². The third-order valence-electron chi connectivity index (χ3n) is 12.0. The Morgan fingerprint density at radius 2 is 0.844 bits per heavy atom. The number of fused-ring (bicyclic) bond motifs is 6. The molecule has 0 aliphatic carbocycles. The number of nitrogens with zero attached hydrogens (tertiary/aromatic N) is 5. The molecule has 0 saturated carbocycles. The van der Waals surface area contributed by atoms with Crippen LogP contribution in [0.5, 0.6) is 23.0 Å². The lowest BCUT2D eigenvalue weighted by molar-refractivity contribution is 0.476. The van der Waals surface area contributed by atoms with Gasteiger partial charge in [-0.05, 0) is 97.1 Å². The smallest absolute Gasteiger partial charge is 0.151 e. The van der Waals surface area contributed by atoms with Crippen molar-refractivity contribution in [2.24, 2.45) is 0 Å². The third kappa shape index (κ3) is 5.81. The molecule has 11 aromatic rings. The molecule has 0 fully saturated rings. The second kappa shape index (κ2) is 14.6. The van der Waals surface area contributed by atoms with E-state index in [2.05, 4.69) is 160 Å². The van der Waals surface area contributed by atoms with E-state index in [0.29, 0.717) is 0 Å². The molecule has 0 unspecified atom stereocenters. The predicted octanol–water partition coefficient (Wildman–Crippen LogP) is 15.8. The number of rotatable bonds is 6. The topological polar surface area (TPSA) is 55.7 Å². The summed E-state index contributed by atoms with van der Waals surface area (Å²) in [7, 11) is 0. The van der Waals surface area contributed by atoms with Crippen molar-refractivity contribution in [3.8, 4) is 61.8 Å². The SMILES string of the molecule is c1ccc(-n2c(-c3ccc(-c4ccc(-c5nc6ccccc6s5)cc4N4c5ccccc5Oc5ccccc54)c(N4c5ccccc5Oc5ccccc54)c3)nc3ccccc32)cc1. The van der Waals surface area contributed by atoms with Gasteiger partial charge in [-0.1, -0.05) is 115 Å². The zero-order valence-corrected chi connectivity index (χ0v) is 35.0. The summed E-state index contributed by atoms with van der Waals surface area (Å²) in [5.74, 6) is 3.96. The van der Waals surface area contributed by atoms with Gasteiger partial charge in [0.2, 0.25) is 0 Å². The van der Waals surface area contributed by atoms with Crippen LogP contribution in [0.3, 0.4) is 0 Å². The van der Waals surface area contributed by atoms with Crippen LogP contribution < -0.4 is 19.3 Å². The minimum absolute atomic E-state index is 0.775. The van der Waals surface area contributed by atoms with Crippen LogP contribution in [0.15, 0.2) is 212 Å². The van der Waals surface area contributed by atoms with E-state index < -0.39 is 0 Å². The lowest BCUT2D eigenvalue weighted by Crippen LogP contribution is -2.18. The first-order valence-electron chi connectivity index (χ1n) is 21.2. The highest BCUT2D eigenvalue weighted by Gasteiger charge is 2.32. The number of benzene rings is 9. The minimum Gasteiger partial charge on any atom is -0.453 e. The van der Waals surface area contributed by atoms with Crippen LogP contribution in [-0.2, 0) is 0 Å². The molecule has 64 heavy (non-hydrogen) atoms. The highest BCUT2D eigenvalue weighted by Crippen LogP contribution is 2.57. The Hall–Kier alpha value is -8.46. The molecule has 2 aliphatic rings. The number of anilines is 6. The lowest BCUT2D eigenvalue weighted by atomic mass is 9.95.